The van der Waals surface area contributed by atoms with E-state index in [-0.39, 0.29) is 0 Å². The molecule has 0 unspecified atom stereocenters. The van der Waals surface area contributed by atoms with Gasteiger partial charge in [-0.1, -0.05) is 6.07 Å². The van der Waals surface area contributed by atoms with Crippen LogP contribution in [0.25, 0.3) is 11.3 Å². The van der Waals surface area contributed by atoms with Gasteiger partial charge in [0, 0.05) is 17.2 Å². The number of rotatable bonds is 2. The predicted octanol–water partition coefficient (Wildman–Crippen LogP) is 0.0214. The average Bonchev–Trinajstić information content (AvgIpc) is 2.71. The Balaban J connectivity index is 2.31. The van der Waals surface area contributed by atoms with E-state index < -0.39 is 7.12 Å². The Bertz CT molecular complexity index is 397. The van der Waals surface area contributed by atoms with Crippen LogP contribution in [-0.2, 0) is 0 Å². The zero-order valence-electron chi connectivity index (χ0n) is 7.29. The van der Waals surface area contributed by atoms with Gasteiger partial charge in [0.15, 0.2) is 0 Å². The van der Waals surface area contributed by atoms with E-state index in [4.69, 9.17) is 14.5 Å². The summed E-state index contributed by atoms with van der Waals surface area (Å²) in [7, 11) is -1.47. The molecule has 2 aromatic rings. The minimum Gasteiger partial charge on any atom is -0.472 e. The SMILES string of the molecule is OB(O)c1ccc(-c2ccoc2)nc1. The zero-order chi connectivity index (χ0) is 9.97. The summed E-state index contributed by atoms with van der Waals surface area (Å²) in [5.41, 5.74) is 1.98. The molecule has 2 rings (SSSR count). The topological polar surface area (TPSA) is 66.5 Å². The van der Waals surface area contributed by atoms with Crippen LogP contribution in [-0.4, -0.2) is 22.2 Å². The third-order valence-electron chi connectivity index (χ3n) is 1.90. The lowest BCUT2D eigenvalue weighted by molar-refractivity contribution is 0.425. The molecular weight excluding hydrogens is 181 g/mol. The van der Waals surface area contributed by atoms with Crippen molar-refractivity contribution in [3.63, 3.8) is 0 Å². The van der Waals surface area contributed by atoms with Gasteiger partial charge in [-0.05, 0) is 12.1 Å². The van der Waals surface area contributed by atoms with Crippen molar-refractivity contribution in [1.29, 1.82) is 0 Å². The summed E-state index contributed by atoms with van der Waals surface area (Å²) in [5.74, 6) is 0. The summed E-state index contributed by atoms with van der Waals surface area (Å²) in [6.07, 6.45) is 4.57. The first-order valence-corrected chi connectivity index (χ1v) is 4.12. The number of aromatic nitrogens is 1. The minimum absolute atomic E-state index is 0.372. The Morgan fingerprint density at radius 2 is 2.07 bits per heavy atom. The van der Waals surface area contributed by atoms with Gasteiger partial charge in [-0.2, -0.15) is 0 Å². The molecule has 0 aliphatic heterocycles. The van der Waals surface area contributed by atoms with Crippen LogP contribution in [0.4, 0.5) is 0 Å². The van der Waals surface area contributed by atoms with Crippen LogP contribution in [0, 0.1) is 0 Å². The fourth-order valence-electron chi connectivity index (χ4n) is 1.14. The molecule has 0 aliphatic rings. The molecule has 0 spiro atoms. The highest BCUT2D eigenvalue weighted by Gasteiger charge is 2.11. The highest BCUT2D eigenvalue weighted by atomic mass is 16.4. The number of pyridine rings is 1. The van der Waals surface area contributed by atoms with Gasteiger partial charge < -0.3 is 14.5 Å². The molecule has 0 saturated carbocycles. The normalized spacial score (nSPS) is 10.1. The molecule has 4 nitrogen and oxygen atoms in total. The van der Waals surface area contributed by atoms with E-state index in [0.717, 1.165) is 11.3 Å². The summed E-state index contributed by atoms with van der Waals surface area (Å²) in [6.45, 7) is 0. The lowest BCUT2D eigenvalue weighted by atomic mass is 9.81. The van der Waals surface area contributed by atoms with Gasteiger partial charge in [-0.3, -0.25) is 4.98 Å². The van der Waals surface area contributed by atoms with Crippen LogP contribution in [0.3, 0.4) is 0 Å². The Hall–Kier alpha value is -1.59. The lowest BCUT2D eigenvalue weighted by Gasteiger charge is -1.99. The number of nitrogens with zero attached hydrogens (tertiary/aromatic N) is 1. The second kappa shape index (κ2) is 3.65. The molecule has 2 N–H and O–H groups in total. The smallest absolute Gasteiger partial charge is 0.472 e. The summed E-state index contributed by atoms with van der Waals surface area (Å²) in [5, 5.41) is 17.7. The number of hydrogen-bond donors (Lipinski definition) is 2. The summed E-state index contributed by atoms with van der Waals surface area (Å²) in [6, 6.07) is 5.11. The fraction of sp³-hybridized carbons (Fsp3) is 0. The molecule has 14 heavy (non-hydrogen) atoms. The second-order valence-electron chi connectivity index (χ2n) is 2.86. The van der Waals surface area contributed by atoms with E-state index in [1.165, 1.54) is 6.20 Å². The number of furan rings is 1. The quantitative estimate of drug-likeness (QED) is 0.653. The Labute approximate surface area is 81.0 Å². The predicted molar refractivity (Wildman–Crippen MR) is 51.8 cm³/mol. The minimum atomic E-state index is -1.47. The van der Waals surface area contributed by atoms with E-state index in [2.05, 4.69) is 4.98 Å². The molecule has 0 aromatic carbocycles. The molecule has 0 atom stereocenters. The van der Waals surface area contributed by atoms with Gasteiger partial charge >= 0.3 is 7.12 Å². The maximum Gasteiger partial charge on any atom is 0.490 e. The van der Waals surface area contributed by atoms with Gasteiger partial charge in [0.25, 0.3) is 0 Å². The lowest BCUT2D eigenvalue weighted by Crippen LogP contribution is -2.29. The fourth-order valence-corrected chi connectivity index (χ4v) is 1.14. The van der Waals surface area contributed by atoms with Crippen molar-refractivity contribution in [2.75, 3.05) is 0 Å². The van der Waals surface area contributed by atoms with E-state index >= 15 is 0 Å². The third-order valence-corrected chi connectivity index (χ3v) is 1.90. The summed E-state index contributed by atoms with van der Waals surface area (Å²) in [4.78, 5) is 4.06. The maximum atomic E-state index is 8.84. The van der Waals surface area contributed by atoms with Crippen molar-refractivity contribution in [3.05, 3.63) is 36.9 Å². The largest absolute Gasteiger partial charge is 0.490 e. The van der Waals surface area contributed by atoms with Crippen LogP contribution in [0.2, 0.25) is 0 Å². The first kappa shape index (κ1) is 8.99. The van der Waals surface area contributed by atoms with Crippen molar-refractivity contribution in [2.45, 2.75) is 0 Å². The molecular formula is C9H8BNO3. The van der Waals surface area contributed by atoms with Gasteiger partial charge in [-0.15, -0.1) is 0 Å². The van der Waals surface area contributed by atoms with Crippen molar-refractivity contribution in [3.8, 4) is 11.3 Å². The Morgan fingerprint density at radius 1 is 1.21 bits per heavy atom. The molecule has 0 saturated heterocycles. The zero-order valence-corrected chi connectivity index (χ0v) is 7.29. The second-order valence-corrected chi connectivity index (χ2v) is 2.86. The van der Waals surface area contributed by atoms with E-state index in [0.29, 0.717) is 5.46 Å². The maximum absolute atomic E-state index is 8.84. The Kier molecular flexibility index (Phi) is 2.34. The first-order chi connectivity index (χ1) is 6.77. The number of hydrogen-bond acceptors (Lipinski definition) is 4. The summed E-state index contributed by atoms with van der Waals surface area (Å²) < 4.78 is 4.91. The molecule has 0 radical (unpaired) electrons. The van der Waals surface area contributed by atoms with Crippen LogP contribution < -0.4 is 5.46 Å². The van der Waals surface area contributed by atoms with Crippen LogP contribution in [0.1, 0.15) is 0 Å². The molecule has 5 heteroatoms. The molecule has 0 amide bonds. The van der Waals surface area contributed by atoms with Gasteiger partial charge in [-0.25, -0.2) is 0 Å². The standard InChI is InChI=1S/C9H8BNO3/c12-10(13)8-1-2-9(11-5-8)7-3-4-14-6-7/h1-6,12-13H. The van der Waals surface area contributed by atoms with E-state index in [1.807, 2.05) is 0 Å². The molecule has 2 aromatic heterocycles. The Morgan fingerprint density at radius 3 is 2.57 bits per heavy atom. The monoisotopic (exact) mass is 189 g/mol. The summed E-state index contributed by atoms with van der Waals surface area (Å²) >= 11 is 0. The first-order valence-electron chi connectivity index (χ1n) is 4.12. The highest BCUT2D eigenvalue weighted by Crippen LogP contribution is 2.15. The molecule has 70 valence electrons. The van der Waals surface area contributed by atoms with Gasteiger partial charge in [0.2, 0.25) is 0 Å². The highest BCUT2D eigenvalue weighted by molar-refractivity contribution is 6.58. The van der Waals surface area contributed by atoms with Crippen molar-refractivity contribution < 1.29 is 14.5 Å². The molecule has 0 bridgehead atoms. The van der Waals surface area contributed by atoms with Crippen molar-refractivity contribution >= 4 is 12.6 Å². The van der Waals surface area contributed by atoms with Crippen molar-refractivity contribution in [1.82, 2.24) is 4.98 Å². The van der Waals surface area contributed by atoms with Gasteiger partial charge in [0.1, 0.15) is 0 Å². The molecule has 0 fully saturated rings. The van der Waals surface area contributed by atoms with E-state index in [9.17, 15) is 0 Å². The van der Waals surface area contributed by atoms with Crippen molar-refractivity contribution in [2.24, 2.45) is 0 Å². The van der Waals surface area contributed by atoms with Crippen LogP contribution in [0.5, 0.6) is 0 Å². The van der Waals surface area contributed by atoms with E-state index in [1.54, 1.807) is 30.7 Å². The average molecular weight is 189 g/mol. The molecule has 2 heterocycles. The third kappa shape index (κ3) is 1.68. The van der Waals surface area contributed by atoms with Crippen LogP contribution in [0.15, 0.2) is 41.3 Å². The molecule has 0 aliphatic carbocycles. The van der Waals surface area contributed by atoms with Crippen LogP contribution >= 0.6 is 0 Å². The van der Waals surface area contributed by atoms with Gasteiger partial charge in [0.05, 0.1) is 18.2 Å².